The summed E-state index contributed by atoms with van der Waals surface area (Å²) >= 11 is 0. The maximum absolute atomic E-state index is 12.6. The molecular weight excluding hydrogens is 428 g/mol. The highest BCUT2D eigenvalue weighted by atomic mass is 16.7. The van der Waals surface area contributed by atoms with Crippen LogP contribution < -0.4 is 9.47 Å². The Bertz CT molecular complexity index is 1010. The van der Waals surface area contributed by atoms with Crippen molar-refractivity contribution in [2.75, 3.05) is 6.61 Å². The molecule has 32 heavy (non-hydrogen) atoms. The Morgan fingerprint density at radius 2 is 1.72 bits per heavy atom. The quantitative estimate of drug-likeness (QED) is 0.306. The fraction of sp³-hybridized carbons (Fsp3) is 0.381. The Hall–Kier alpha value is -2.93. The minimum Gasteiger partial charge on any atom is -0.508 e. The van der Waals surface area contributed by atoms with E-state index in [4.69, 9.17) is 14.2 Å². The molecular formula is C21H22O11. The maximum Gasteiger partial charge on any atom is 0.242 e. The molecule has 6 atom stereocenters. The molecule has 4 rings (SSSR count). The van der Waals surface area contributed by atoms with Crippen molar-refractivity contribution in [1.82, 2.24) is 0 Å². The number of phenolic OH excluding ortho intramolecular Hbond substituents is 2. The van der Waals surface area contributed by atoms with Crippen molar-refractivity contribution >= 4 is 5.78 Å². The number of aliphatic hydroxyl groups excluding tert-OH is 4. The SMILES string of the molecule is O=C1CC(O)(c2ccc(O)cc2)Oc2cc(OC3OC(CO)C(O)C(O)C3O)cc(O)c21. The van der Waals surface area contributed by atoms with Crippen molar-refractivity contribution in [3.63, 3.8) is 0 Å². The number of ether oxygens (including phenoxy) is 3. The van der Waals surface area contributed by atoms with Crippen LogP contribution >= 0.6 is 0 Å². The smallest absolute Gasteiger partial charge is 0.242 e. The monoisotopic (exact) mass is 450 g/mol. The molecule has 1 saturated heterocycles. The summed E-state index contributed by atoms with van der Waals surface area (Å²) in [6, 6.07) is 7.62. The minimum absolute atomic E-state index is 0.0484. The molecule has 0 spiro atoms. The van der Waals surface area contributed by atoms with E-state index in [1.807, 2.05) is 0 Å². The zero-order valence-electron chi connectivity index (χ0n) is 16.5. The molecule has 2 heterocycles. The van der Waals surface area contributed by atoms with Gasteiger partial charge < -0.3 is 50.0 Å². The summed E-state index contributed by atoms with van der Waals surface area (Å²) in [4.78, 5) is 12.6. The number of hydrogen-bond acceptors (Lipinski definition) is 11. The van der Waals surface area contributed by atoms with Gasteiger partial charge in [0.05, 0.1) is 13.0 Å². The Kier molecular flexibility index (Phi) is 5.71. The van der Waals surface area contributed by atoms with Gasteiger partial charge in [0.2, 0.25) is 12.1 Å². The van der Waals surface area contributed by atoms with Gasteiger partial charge in [-0.05, 0) is 24.3 Å². The molecule has 6 unspecified atom stereocenters. The van der Waals surface area contributed by atoms with E-state index in [0.717, 1.165) is 6.07 Å². The van der Waals surface area contributed by atoms with E-state index in [9.17, 15) is 40.5 Å². The maximum atomic E-state index is 12.6. The standard InChI is InChI=1S/C21H22O11/c22-8-15-17(26)18(27)19(28)20(31-15)30-11-5-12(24)16-13(25)7-21(29,32-14(16)6-11)9-1-3-10(23)4-2-9/h1-6,15,17-20,22-24,26-29H,7-8H2. The Labute approximate surface area is 181 Å². The van der Waals surface area contributed by atoms with Crippen LogP contribution in [-0.4, -0.2) is 78.8 Å². The summed E-state index contributed by atoms with van der Waals surface area (Å²) in [7, 11) is 0. The van der Waals surface area contributed by atoms with Crippen LogP contribution in [0.4, 0.5) is 0 Å². The molecule has 2 aliphatic rings. The summed E-state index contributed by atoms with van der Waals surface area (Å²) in [5.74, 6) is -3.61. The average molecular weight is 450 g/mol. The number of Topliss-reactive ketones (excluding diaryl/α,β-unsaturated/α-hetero) is 1. The highest BCUT2D eigenvalue weighted by Gasteiger charge is 2.46. The number of hydrogen-bond donors (Lipinski definition) is 7. The lowest BCUT2D eigenvalue weighted by Gasteiger charge is -2.39. The van der Waals surface area contributed by atoms with E-state index in [-0.39, 0.29) is 28.4 Å². The van der Waals surface area contributed by atoms with Crippen LogP contribution in [-0.2, 0) is 10.5 Å². The number of aliphatic hydroxyl groups is 5. The predicted octanol–water partition coefficient (Wildman–Crippen LogP) is -0.913. The third-order valence-corrected chi connectivity index (χ3v) is 5.43. The van der Waals surface area contributed by atoms with Gasteiger partial charge in [-0.25, -0.2) is 0 Å². The highest BCUT2D eigenvalue weighted by molar-refractivity contribution is 6.03. The highest BCUT2D eigenvalue weighted by Crippen LogP contribution is 2.44. The predicted molar refractivity (Wildman–Crippen MR) is 104 cm³/mol. The second-order valence-corrected chi connectivity index (χ2v) is 7.66. The number of fused-ring (bicyclic) bond motifs is 1. The molecule has 7 N–H and O–H groups in total. The number of rotatable bonds is 4. The summed E-state index contributed by atoms with van der Waals surface area (Å²) in [6.07, 6.45) is -8.17. The molecule has 2 aromatic rings. The van der Waals surface area contributed by atoms with E-state index in [0.29, 0.717) is 0 Å². The van der Waals surface area contributed by atoms with Gasteiger partial charge >= 0.3 is 0 Å². The van der Waals surface area contributed by atoms with Crippen molar-refractivity contribution in [1.29, 1.82) is 0 Å². The van der Waals surface area contributed by atoms with Crippen molar-refractivity contribution < 1.29 is 54.8 Å². The lowest BCUT2D eigenvalue weighted by molar-refractivity contribution is -0.277. The first-order valence-corrected chi connectivity index (χ1v) is 9.71. The molecule has 0 bridgehead atoms. The number of carbonyl (C=O) groups is 1. The zero-order valence-corrected chi connectivity index (χ0v) is 16.5. The molecule has 0 aromatic heterocycles. The molecule has 0 saturated carbocycles. The first-order chi connectivity index (χ1) is 15.1. The summed E-state index contributed by atoms with van der Waals surface area (Å²) < 4.78 is 16.4. The number of phenols is 2. The zero-order chi connectivity index (χ0) is 23.2. The van der Waals surface area contributed by atoms with Gasteiger partial charge in [-0.15, -0.1) is 0 Å². The first kappa shape index (κ1) is 22.3. The van der Waals surface area contributed by atoms with Crippen LogP contribution in [0.3, 0.4) is 0 Å². The Morgan fingerprint density at radius 3 is 2.38 bits per heavy atom. The minimum atomic E-state index is -2.08. The lowest BCUT2D eigenvalue weighted by atomic mass is 9.92. The van der Waals surface area contributed by atoms with Crippen molar-refractivity contribution in [2.24, 2.45) is 0 Å². The van der Waals surface area contributed by atoms with Gasteiger partial charge in [0.15, 0.2) is 5.78 Å². The van der Waals surface area contributed by atoms with Crippen LogP contribution in [0, 0.1) is 0 Å². The van der Waals surface area contributed by atoms with Crippen molar-refractivity contribution in [3.8, 4) is 23.0 Å². The van der Waals surface area contributed by atoms with E-state index >= 15 is 0 Å². The van der Waals surface area contributed by atoms with Crippen LogP contribution in [0.5, 0.6) is 23.0 Å². The molecule has 1 fully saturated rings. The lowest BCUT2D eigenvalue weighted by Crippen LogP contribution is -2.60. The van der Waals surface area contributed by atoms with E-state index < -0.39 is 61.1 Å². The molecule has 11 heteroatoms. The fourth-order valence-corrected chi connectivity index (χ4v) is 3.71. The first-order valence-electron chi connectivity index (χ1n) is 9.71. The molecule has 0 amide bonds. The van der Waals surface area contributed by atoms with Crippen LogP contribution in [0.15, 0.2) is 36.4 Å². The van der Waals surface area contributed by atoms with Crippen molar-refractivity contribution in [3.05, 3.63) is 47.5 Å². The van der Waals surface area contributed by atoms with Crippen LogP contribution in [0.1, 0.15) is 22.3 Å². The second-order valence-electron chi connectivity index (χ2n) is 7.66. The molecule has 2 aliphatic heterocycles. The fourth-order valence-electron chi connectivity index (χ4n) is 3.71. The molecule has 172 valence electrons. The third kappa shape index (κ3) is 3.86. The largest absolute Gasteiger partial charge is 0.508 e. The molecule has 0 radical (unpaired) electrons. The van der Waals surface area contributed by atoms with Gasteiger partial charge in [0.1, 0.15) is 53.0 Å². The third-order valence-electron chi connectivity index (χ3n) is 5.43. The summed E-state index contributed by atoms with van der Waals surface area (Å²) in [6.45, 7) is -0.655. The van der Waals surface area contributed by atoms with Gasteiger partial charge in [-0.3, -0.25) is 4.79 Å². The number of ketones is 1. The van der Waals surface area contributed by atoms with Gasteiger partial charge in [0.25, 0.3) is 0 Å². The summed E-state index contributed by atoms with van der Waals surface area (Å²) in [5, 5.41) is 69.9. The van der Waals surface area contributed by atoms with E-state index in [2.05, 4.69) is 0 Å². The van der Waals surface area contributed by atoms with Gasteiger partial charge in [-0.1, -0.05) is 0 Å². The van der Waals surface area contributed by atoms with Crippen LogP contribution in [0.2, 0.25) is 0 Å². The van der Waals surface area contributed by atoms with Gasteiger partial charge in [0, 0.05) is 17.7 Å². The Balaban J connectivity index is 1.63. The summed E-state index contributed by atoms with van der Waals surface area (Å²) in [5.41, 5.74) is 0.00338. The molecule has 0 aliphatic carbocycles. The van der Waals surface area contributed by atoms with Crippen molar-refractivity contribution in [2.45, 2.75) is 42.9 Å². The van der Waals surface area contributed by atoms with E-state index in [1.54, 1.807) is 0 Å². The number of aromatic hydroxyl groups is 2. The van der Waals surface area contributed by atoms with Gasteiger partial charge in [-0.2, -0.15) is 0 Å². The second kappa shape index (κ2) is 8.20. The number of carbonyl (C=O) groups excluding carboxylic acids is 1. The Morgan fingerprint density at radius 1 is 1.03 bits per heavy atom. The molecule has 11 nitrogen and oxygen atoms in total. The topological polar surface area (TPSA) is 186 Å². The number of benzene rings is 2. The average Bonchev–Trinajstić information content (AvgIpc) is 2.73. The molecule has 2 aromatic carbocycles. The normalized spacial score (nSPS) is 32.2. The van der Waals surface area contributed by atoms with E-state index in [1.165, 1.54) is 30.3 Å². The van der Waals surface area contributed by atoms with Crippen LogP contribution in [0.25, 0.3) is 0 Å².